The van der Waals surface area contributed by atoms with Crippen LogP contribution in [0.4, 0.5) is 0 Å². The number of rotatable bonds is 8. The average molecular weight is 777 g/mol. The minimum absolute atomic E-state index is 0.0913. The zero-order chi connectivity index (χ0) is 42.2. The Morgan fingerprint density at radius 1 is 0.727 bits per heavy atom. The van der Waals surface area contributed by atoms with Gasteiger partial charge in [0.2, 0.25) is 35.4 Å². The highest BCUT2D eigenvalue weighted by molar-refractivity contribution is 5.98. The number of Topliss-reactive ketones (excluding diaryl/α,β-unsaturated/α-hetero) is 1. The molecular weight excluding hydrogens is 708 g/mol. The predicted molar refractivity (Wildman–Crippen MR) is 208 cm³/mol. The minimum Gasteiger partial charge on any atom is -0.390 e. The number of likely N-dealkylation sites (N-methyl/N-ethyl adjacent to an activating group) is 3. The summed E-state index contributed by atoms with van der Waals surface area (Å²) in [5.41, 5.74) is 0. The fraction of sp³-hybridized carbons (Fsp3) is 0.775. The molecule has 15 heteroatoms. The van der Waals surface area contributed by atoms with Gasteiger partial charge in [0.1, 0.15) is 36.3 Å². The molecule has 10 unspecified atom stereocenters. The molecule has 0 aromatic rings. The molecule has 0 spiro atoms. The van der Waals surface area contributed by atoms with E-state index in [1.165, 1.54) is 49.7 Å². The molecular formula is C40H68N6O9. The van der Waals surface area contributed by atoms with Crippen LogP contribution < -0.4 is 10.6 Å². The van der Waals surface area contributed by atoms with Gasteiger partial charge in [-0.15, -0.1) is 6.58 Å². The number of hydrogen-bond donors (Lipinski definition) is 4. The summed E-state index contributed by atoms with van der Waals surface area (Å²) in [6.07, 6.45) is 0.172. The van der Waals surface area contributed by atoms with Crippen LogP contribution in [-0.4, -0.2) is 147 Å². The van der Waals surface area contributed by atoms with E-state index in [1.807, 2.05) is 0 Å². The largest absolute Gasteiger partial charge is 0.390 e. The fourth-order valence-electron chi connectivity index (χ4n) is 7.17. The van der Waals surface area contributed by atoms with E-state index in [-0.39, 0.29) is 31.7 Å². The first-order valence-corrected chi connectivity index (χ1v) is 19.7. The summed E-state index contributed by atoms with van der Waals surface area (Å²) in [6.45, 7) is 19.1. The lowest BCUT2D eigenvalue weighted by molar-refractivity contribution is -0.153. The molecule has 0 bridgehead atoms. The van der Waals surface area contributed by atoms with Crippen molar-refractivity contribution in [2.45, 2.75) is 143 Å². The summed E-state index contributed by atoms with van der Waals surface area (Å²) in [5, 5.41) is 28.1. The van der Waals surface area contributed by atoms with E-state index < -0.39 is 113 Å². The normalized spacial score (nSPS) is 29.5. The number of allylic oxidation sites excluding steroid dienone is 1. The van der Waals surface area contributed by atoms with Crippen molar-refractivity contribution in [3.63, 3.8) is 0 Å². The molecule has 2 heterocycles. The van der Waals surface area contributed by atoms with Crippen LogP contribution in [-0.2, 0) is 33.6 Å². The van der Waals surface area contributed by atoms with E-state index in [0.717, 1.165) is 4.90 Å². The number of piperidine rings is 1. The van der Waals surface area contributed by atoms with Crippen molar-refractivity contribution in [3.8, 4) is 0 Å². The van der Waals surface area contributed by atoms with E-state index in [1.54, 1.807) is 54.5 Å². The molecule has 6 amide bonds. The summed E-state index contributed by atoms with van der Waals surface area (Å²) < 4.78 is 0. The van der Waals surface area contributed by atoms with Crippen LogP contribution in [0.15, 0.2) is 12.7 Å². The molecule has 10 atom stereocenters. The van der Waals surface area contributed by atoms with Gasteiger partial charge in [-0.05, 0) is 63.2 Å². The number of carbonyl (C=O) groups is 7. The lowest BCUT2D eigenvalue weighted by atomic mass is 9.84. The monoisotopic (exact) mass is 777 g/mol. The maximum Gasteiger partial charge on any atom is 0.246 e. The van der Waals surface area contributed by atoms with Crippen LogP contribution in [0.5, 0.6) is 0 Å². The van der Waals surface area contributed by atoms with Gasteiger partial charge in [-0.25, -0.2) is 0 Å². The second kappa shape index (κ2) is 20.4. The van der Waals surface area contributed by atoms with Gasteiger partial charge < -0.3 is 40.4 Å². The quantitative estimate of drug-likeness (QED) is 0.263. The summed E-state index contributed by atoms with van der Waals surface area (Å²) >= 11 is 0. The van der Waals surface area contributed by atoms with Crippen molar-refractivity contribution >= 4 is 41.2 Å². The summed E-state index contributed by atoms with van der Waals surface area (Å²) in [4.78, 5) is 104. The second-order valence-electron chi connectivity index (χ2n) is 16.7. The molecule has 0 radical (unpaired) electrons. The number of hydrogen-bond acceptors (Lipinski definition) is 9. The van der Waals surface area contributed by atoms with Crippen molar-refractivity contribution in [1.29, 1.82) is 0 Å². The third-order valence-electron chi connectivity index (χ3n) is 11.5. The number of nitrogens with one attached hydrogen (secondary N) is 2. The Bertz CT molecular complexity index is 1420. The third kappa shape index (κ3) is 11.4. The Labute approximate surface area is 327 Å². The zero-order valence-electron chi connectivity index (χ0n) is 35.1. The maximum atomic E-state index is 14.2. The van der Waals surface area contributed by atoms with Crippen LogP contribution in [0.25, 0.3) is 0 Å². The fourth-order valence-corrected chi connectivity index (χ4v) is 7.17. The molecule has 2 fully saturated rings. The Balaban J connectivity index is 2.81. The van der Waals surface area contributed by atoms with Gasteiger partial charge >= 0.3 is 0 Å². The van der Waals surface area contributed by atoms with Crippen LogP contribution >= 0.6 is 0 Å². The number of nitrogens with zero attached hydrogens (tertiary/aromatic N) is 4. The molecule has 0 aromatic carbocycles. The van der Waals surface area contributed by atoms with Crippen molar-refractivity contribution in [1.82, 2.24) is 30.2 Å². The molecule has 2 aliphatic rings. The number of carbonyl (C=O) groups excluding carboxylic acids is 7. The zero-order valence-corrected chi connectivity index (χ0v) is 35.1. The molecule has 2 aliphatic heterocycles. The van der Waals surface area contributed by atoms with Crippen LogP contribution in [0, 0.1) is 29.6 Å². The van der Waals surface area contributed by atoms with Gasteiger partial charge in [0.05, 0.1) is 12.2 Å². The summed E-state index contributed by atoms with van der Waals surface area (Å²) in [6, 6.07) is -7.29. The first-order valence-electron chi connectivity index (χ1n) is 19.7. The number of ketones is 1. The highest BCUT2D eigenvalue weighted by Gasteiger charge is 2.44. The number of fused-ring (bicyclic) bond motifs is 1. The van der Waals surface area contributed by atoms with Gasteiger partial charge in [0.15, 0.2) is 5.78 Å². The Morgan fingerprint density at radius 2 is 1.27 bits per heavy atom. The molecule has 55 heavy (non-hydrogen) atoms. The minimum atomic E-state index is -1.47. The van der Waals surface area contributed by atoms with Crippen molar-refractivity contribution in [2.75, 3.05) is 27.7 Å². The maximum absolute atomic E-state index is 14.2. The van der Waals surface area contributed by atoms with E-state index in [2.05, 4.69) is 17.2 Å². The van der Waals surface area contributed by atoms with Gasteiger partial charge in [0, 0.05) is 40.0 Å². The highest BCUT2D eigenvalue weighted by atomic mass is 16.3. The standard InChI is InChI=1S/C40H68N6O9/c1-14-24(8)19-28-40(55)44(12)26(10)38(53)46-18-16-15-17-29(46)35(50)42-31(33(48)22(4)5)30(47)20-27(21(2)3)39(54)43(11)25(9)37(52)45(13)32(36(51)41-28)34(49)23(6)7/h14,21-29,31-34,48-49H,1,15-20H2,2-13H3,(H,41,51)(H,42,50). The SMILES string of the molecule is C=CC(C)CC1NC(=O)C(C(O)C(C)C)N(C)C(=O)C(C)N(C)C(=O)C(C(C)C)CC(=O)C(C(O)C(C)C)NC(=O)C2CCCCN2C(=O)C(C)N(C)C1=O. The third-order valence-corrected chi connectivity index (χ3v) is 11.5. The van der Waals surface area contributed by atoms with Crippen LogP contribution in [0.2, 0.25) is 0 Å². The van der Waals surface area contributed by atoms with Gasteiger partial charge in [-0.1, -0.05) is 54.5 Å². The average Bonchev–Trinajstić information content (AvgIpc) is 3.14. The van der Waals surface area contributed by atoms with E-state index in [4.69, 9.17) is 0 Å². The first-order chi connectivity index (χ1) is 25.5. The molecule has 2 saturated heterocycles. The molecule has 0 aromatic heterocycles. The van der Waals surface area contributed by atoms with Gasteiger partial charge in [-0.3, -0.25) is 33.6 Å². The topological polar surface area (TPSA) is 197 Å². The van der Waals surface area contributed by atoms with Crippen molar-refractivity contribution in [2.24, 2.45) is 29.6 Å². The van der Waals surface area contributed by atoms with Gasteiger partial charge in [0.25, 0.3) is 0 Å². The van der Waals surface area contributed by atoms with E-state index in [9.17, 15) is 43.8 Å². The lowest BCUT2D eigenvalue weighted by Crippen LogP contribution is -2.62. The van der Waals surface area contributed by atoms with Crippen molar-refractivity contribution in [3.05, 3.63) is 12.7 Å². The van der Waals surface area contributed by atoms with Crippen LogP contribution in [0.1, 0.15) is 94.4 Å². The Morgan fingerprint density at radius 3 is 1.80 bits per heavy atom. The summed E-state index contributed by atoms with van der Waals surface area (Å²) in [5.74, 6) is -6.94. The lowest BCUT2D eigenvalue weighted by Gasteiger charge is -2.39. The molecule has 2 rings (SSSR count). The molecule has 312 valence electrons. The van der Waals surface area contributed by atoms with Crippen molar-refractivity contribution < 1.29 is 43.8 Å². The van der Waals surface area contributed by atoms with E-state index >= 15 is 0 Å². The second-order valence-corrected chi connectivity index (χ2v) is 16.7. The molecule has 0 aliphatic carbocycles. The number of amides is 6. The summed E-state index contributed by atoms with van der Waals surface area (Å²) in [7, 11) is 4.19. The van der Waals surface area contributed by atoms with E-state index in [0.29, 0.717) is 12.8 Å². The predicted octanol–water partition coefficient (Wildman–Crippen LogP) is 1.35. The molecule has 4 N–H and O–H groups in total. The Hall–Kier alpha value is -3.85. The molecule has 0 saturated carbocycles. The highest BCUT2D eigenvalue weighted by Crippen LogP contribution is 2.25. The number of aliphatic hydroxyl groups is 2. The van der Waals surface area contributed by atoms with Crippen LogP contribution in [0.3, 0.4) is 0 Å². The number of aliphatic hydroxyl groups excluding tert-OH is 2. The Kier molecular flexibility index (Phi) is 17.5. The first kappa shape index (κ1) is 47.3. The smallest absolute Gasteiger partial charge is 0.246 e. The van der Waals surface area contributed by atoms with Gasteiger partial charge in [-0.2, -0.15) is 0 Å². The molecule has 15 nitrogen and oxygen atoms in total.